The van der Waals surface area contributed by atoms with E-state index >= 15 is 0 Å². The summed E-state index contributed by atoms with van der Waals surface area (Å²) in [6.07, 6.45) is 3.45. The molecule has 1 heterocycles. The first-order valence-electron chi connectivity index (χ1n) is 7.57. The van der Waals surface area contributed by atoms with Crippen LogP contribution in [-0.2, 0) is 14.4 Å². The van der Waals surface area contributed by atoms with E-state index in [2.05, 4.69) is 5.32 Å². The van der Waals surface area contributed by atoms with Crippen molar-refractivity contribution in [3.8, 4) is 0 Å². The number of nitrogens with one attached hydrogen (secondary N) is 2. The van der Waals surface area contributed by atoms with Gasteiger partial charge in [-0.25, -0.2) is 14.5 Å². The number of hydrogen-bond donors (Lipinski definition) is 2. The fraction of sp³-hybridized carbons (Fsp3) is 0.643. The number of rotatable bonds is 3. The van der Waals surface area contributed by atoms with Crippen molar-refractivity contribution in [1.82, 2.24) is 20.4 Å². The smallest absolute Gasteiger partial charge is 0.334 e. The Morgan fingerprint density at radius 1 is 1.13 bits per heavy atom. The Morgan fingerprint density at radius 2 is 1.78 bits per heavy atom. The quantitative estimate of drug-likeness (QED) is 0.551. The van der Waals surface area contributed by atoms with Gasteiger partial charge >= 0.3 is 23.9 Å². The van der Waals surface area contributed by atoms with Gasteiger partial charge in [0.1, 0.15) is 6.54 Å². The van der Waals surface area contributed by atoms with E-state index in [1.807, 2.05) is 12.2 Å². The molecule has 0 spiro atoms. The summed E-state index contributed by atoms with van der Waals surface area (Å²) < 4.78 is 0. The Morgan fingerprint density at radius 3 is 2.39 bits per heavy atom. The Bertz CT molecular complexity index is 561. The van der Waals surface area contributed by atoms with Crippen LogP contribution in [0.15, 0.2) is 0 Å². The van der Waals surface area contributed by atoms with Gasteiger partial charge < -0.3 is 5.32 Å². The highest BCUT2D eigenvalue weighted by Gasteiger charge is 2.49. The van der Waals surface area contributed by atoms with Gasteiger partial charge in [-0.05, 0) is 18.8 Å². The third kappa shape index (κ3) is 3.33. The second-order valence-corrected chi connectivity index (χ2v) is 5.81. The Kier molecular flexibility index (Phi) is 4.97. The molecule has 1 saturated heterocycles. The van der Waals surface area contributed by atoms with Crippen LogP contribution in [0, 0.1) is 5.92 Å². The molecule has 0 aromatic heterocycles. The summed E-state index contributed by atoms with van der Waals surface area (Å²) in [6, 6.07) is -1.86. The molecule has 1 aliphatic carbocycles. The molecule has 126 valence electrons. The van der Waals surface area contributed by atoms with E-state index in [1.54, 1.807) is 0 Å². The van der Waals surface area contributed by atoms with Gasteiger partial charge in [-0.1, -0.05) is 19.8 Å². The van der Waals surface area contributed by atoms with Gasteiger partial charge in [0, 0.05) is 13.1 Å². The van der Waals surface area contributed by atoms with E-state index in [1.165, 1.54) is 7.05 Å². The lowest BCUT2D eigenvalue weighted by Crippen LogP contribution is -2.48. The minimum absolute atomic E-state index is 0.115. The molecular weight excluding hydrogens is 304 g/mol. The summed E-state index contributed by atoms with van der Waals surface area (Å²) in [5, 5.41) is 4.13. The SMILES string of the molecule is CNC(=O)NC(=O)CN1C(=O)C(=O)N([C@H]2CCCC[C@H]2C)C1=O. The minimum Gasteiger partial charge on any atom is -0.341 e. The van der Waals surface area contributed by atoms with E-state index in [4.69, 9.17) is 0 Å². The van der Waals surface area contributed by atoms with Crippen LogP contribution in [0.1, 0.15) is 32.6 Å². The van der Waals surface area contributed by atoms with Crippen LogP contribution in [0.4, 0.5) is 9.59 Å². The summed E-state index contributed by atoms with van der Waals surface area (Å²) in [7, 11) is 1.32. The third-order valence-electron chi connectivity index (χ3n) is 4.26. The molecule has 2 N–H and O–H groups in total. The van der Waals surface area contributed by atoms with Crippen molar-refractivity contribution >= 4 is 29.8 Å². The number of nitrogens with zero attached hydrogens (tertiary/aromatic N) is 2. The molecule has 2 rings (SSSR count). The molecule has 0 unspecified atom stereocenters. The van der Waals surface area contributed by atoms with Gasteiger partial charge in [0.15, 0.2) is 0 Å². The predicted octanol–water partition coefficient (Wildman–Crippen LogP) is -0.189. The van der Waals surface area contributed by atoms with Crippen molar-refractivity contribution in [2.24, 2.45) is 5.92 Å². The molecule has 9 nitrogen and oxygen atoms in total. The number of urea groups is 2. The standard InChI is InChI=1S/C14H20N4O5/c1-8-5-3-4-6-9(8)18-12(21)11(20)17(14(18)23)7-10(19)16-13(22)15-2/h8-9H,3-7H2,1-2H3,(H2,15,16,19,22)/t8-,9+/m1/s1. The lowest BCUT2D eigenvalue weighted by molar-refractivity contribution is -0.145. The van der Waals surface area contributed by atoms with Crippen molar-refractivity contribution < 1.29 is 24.0 Å². The molecule has 9 heteroatoms. The van der Waals surface area contributed by atoms with Crippen LogP contribution in [0.3, 0.4) is 0 Å². The number of amides is 7. The molecule has 2 aliphatic rings. The largest absolute Gasteiger partial charge is 0.341 e. The van der Waals surface area contributed by atoms with Gasteiger partial charge in [0.05, 0.1) is 0 Å². The first-order chi connectivity index (χ1) is 10.9. The summed E-state index contributed by atoms with van der Waals surface area (Å²) in [5.74, 6) is -2.65. The molecule has 1 saturated carbocycles. The molecule has 0 aromatic carbocycles. The van der Waals surface area contributed by atoms with E-state index < -0.39 is 36.3 Å². The lowest BCUT2D eigenvalue weighted by atomic mass is 9.85. The van der Waals surface area contributed by atoms with Crippen LogP contribution in [-0.4, -0.2) is 59.2 Å². The third-order valence-corrected chi connectivity index (χ3v) is 4.26. The monoisotopic (exact) mass is 324 g/mol. The Labute approximate surface area is 133 Å². The van der Waals surface area contributed by atoms with Gasteiger partial charge in [-0.2, -0.15) is 0 Å². The van der Waals surface area contributed by atoms with Crippen LogP contribution >= 0.6 is 0 Å². The van der Waals surface area contributed by atoms with E-state index in [9.17, 15) is 24.0 Å². The van der Waals surface area contributed by atoms with Crippen LogP contribution in [0.2, 0.25) is 0 Å². The van der Waals surface area contributed by atoms with Crippen molar-refractivity contribution in [3.05, 3.63) is 0 Å². The zero-order valence-corrected chi connectivity index (χ0v) is 13.1. The first kappa shape index (κ1) is 16.9. The maximum Gasteiger partial charge on any atom is 0.334 e. The fourth-order valence-corrected chi connectivity index (χ4v) is 3.01. The van der Waals surface area contributed by atoms with Crippen molar-refractivity contribution in [2.75, 3.05) is 13.6 Å². The number of carbonyl (C=O) groups is 5. The summed E-state index contributed by atoms with van der Waals surface area (Å²) in [5.41, 5.74) is 0. The highest BCUT2D eigenvalue weighted by atomic mass is 16.2. The second-order valence-electron chi connectivity index (χ2n) is 5.81. The van der Waals surface area contributed by atoms with Crippen molar-refractivity contribution in [2.45, 2.75) is 38.6 Å². The highest BCUT2D eigenvalue weighted by molar-refractivity contribution is 6.45. The molecule has 0 aromatic rings. The molecule has 1 aliphatic heterocycles. The molecule has 2 atom stereocenters. The molecular formula is C14H20N4O5. The van der Waals surface area contributed by atoms with Crippen LogP contribution in [0.5, 0.6) is 0 Å². The predicted molar refractivity (Wildman–Crippen MR) is 78.0 cm³/mol. The van der Waals surface area contributed by atoms with Crippen LogP contribution in [0.25, 0.3) is 0 Å². The van der Waals surface area contributed by atoms with Gasteiger partial charge in [-0.3, -0.25) is 24.6 Å². The molecule has 0 radical (unpaired) electrons. The highest BCUT2D eigenvalue weighted by Crippen LogP contribution is 2.31. The number of hydrogen-bond acceptors (Lipinski definition) is 5. The molecule has 2 fully saturated rings. The van der Waals surface area contributed by atoms with Gasteiger partial charge in [0.2, 0.25) is 5.91 Å². The maximum absolute atomic E-state index is 12.4. The number of carbonyl (C=O) groups excluding carboxylic acids is 5. The van der Waals surface area contributed by atoms with Crippen molar-refractivity contribution in [3.63, 3.8) is 0 Å². The summed E-state index contributed by atoms with van der Waals surface area (Å²) >= 11 is 0. The van der Waals surface area contributed by atoms with E-state index in [0.717, 1.165) is 24.2 Å². The van der Waals surface area contributed by atoms with Gasteiger partial charge in [0.25, 0.3) is 0 Å². The normalized spacial score (nSPS) is 24.9. The lowest BCUT2D eigenvalue weighted by Gasteiger charge is -2.34. The fourth-order valence-electron chi connectivity index (χ4n) is 3.01. The topological polar surface area (TPSA) is 116 Å². The summed E-state index contributed by atoms with van der Waals surface area (Å²) in [6.45, 7) is 1.28. The second kappa shape index (κ2) is 6.76. The van der Waals surface area contributed by atoms with E-state index in [0.29, 0.717) is 11.3 Å². The molecule has 0 bridgehead atoms. The average molecular weight is 324 g/mol. The molecule has 23 heavy (non-hydrogen) atoms. The first-order valence-corrected chi connectivity index (χ1v) is 7.57. The Balaban J connectivity index is 2.10. The zero-order valence-electron chi connectivity index (χ0n) is 13.1. The van der Waals surface area contributed by atoms with Crippen molar-refractivity contribution in [1.29, 1.82) is 0 Å². The summed E-state index contributed by atoms with van der Waals surface area (Å²) in [4.78, 5) is 60.8. The number of imide groups is 3. The van der Waals surface area contributed by atoms with Crippen LogP contribution < -0.4 is 10.6 Å². The van der Waals surface area contributed by atoms with E-state index in [-0.39, 0.29) is 12.0 Å². The van der Waals surface area contributed by atoms with Gasteiger partial charge in [-0.15, -0.1) is 0 Å². The Hall–Kier alpha value is -2.45. The molecule has 7 amide bonds. The average Bonchev–Trinajstić information content (AvgIpc) is 2.72. The minimum atomic E-state index is -1.03. The zero-order chi connectivity index (χ0) is 17.1. The maximum atomic E-state index is 12.4.